The van der Waals surface area contributed by atoms with Crippen LogP contribution in [0.25, 0.3) is 0 Å². The predicted molar refractivity (Wildman–Crippen MR) is 82.0 cm³/mol. The van der Waals surface area contributed by atoms with E-state index in [1.807, 2.05) is 0 Å². The Morgan fingerprint density at radius 2 is 1.86 bits per heavy atom. The molecule has 8 nitrogen and oxygen atoms in total. The Morgan fingerprint density at radius 3 is 2.45 bits per heavy atom. The molecule has 120 valence electrons. The number of rotatable bonds is 5. The maximum atomic E-state index is 12.4. The lowest BCUT2D eigenvalue weighted by Gasteiger charge is -2.35. The van der Waals surface area contributed by atoms with Gasteiger partial charge in [-0.15, -0.1) is 0 Å². The maximum Gasteiger partial charge on any atom is 0.244 e. The molecule has 1 aliphatic heterocycles. The third kappa shape index (κ3) is 4.15. The first-order chi connectivity index (χ1) is 10.6. The van der Waals surface area contributed by atoms with Crippen LogP contribution in [-0.4, -0.2) is 60.1 Å². The molecule has 0 saturated carbocycles. The quantitative estimate of drug-likeness (QED) is 0.397. The van der Waals surface area contributed by atoms with Gasteiger partial charge in [0.25, 0.3) is 0 Å². The van der Waals surface area contributed by atoms with Crippen LogP contribution in [0.15, 0.2) is 34.6 Å². The fourth-order valence-electron chi connectivity index (χ4n) is 2.46. The van der Waals surface area contributed by atoms with Crippen LogP contribution < -0.4 is 11.6 Å². The fourth-order valence-corrected chi connectivity index (χ4v) is 2.46. The zero-order valence-electron chi connectivity index (χ0n) is 12.4. The van der Waals surface area contributed by atoms with E-state index in [1.165, 1.54) is 12.1 Å². The molecule has 0 aliphatic carbocycles. The second-order valence-electron chi connectivity index (χ2n) is 5.22. The van der Waals surface area contributed by atoms with Crippen LogP contribution in [0.4, 0.5) is 0 Å². The molecule has 5 N–H and O–H groups in total. The monoisotopic (exact) mass is 306 g/mol. The maximum absolute atomic E-state index is 12.4. The lowest BCUT2D eigenvalue weighted by Crippen LogP contribution is -2.51. The number of hydrogen-bond donors (Lipinski definition) is 3. The van der Waals surface area contributed by atoms with Gasteiger partial charge < -0.3 is 21.6 Å². The van der Waals surface area contributed by atoms with Gasteiger partial charge in [0.1, 0.15) is 11.8 Å². The van der Waals surface area contributed by atoms with Crippen molar-refractivity contribution in [1.82, 2.24) is 9.80 Å². The van der Waals surface area contributed by atoms with E-state index in [1.54, 1.807) is 17.0 Å². The molecule has 0 radical (unpaired) electrons. The molecule has 1 unspecified atom stereocenters. The van der Waals surface area contributed by atoms with E-state index in [2.05, 4.69) is 15.2 Å². The molecule has 0 spiro atoms. The Morgan fingerprint density at radius 1 is 1.23 bits per heavy atom. The Bertz CT molecular complexity index is 511. The number of phenolic OH excluding ortho intramolecular Hbond substituents is 1. The van der Waals surface area contributed by atoms with Crippen molar-refractivity contribution in [1.29, 1.82) is 0 Å². The Labute approximate surface area is 129 Å². The molecule has 1 aromatic rings. The lowest BCUT2D eigenvalue weighted by molar-refractivity contribution is -0.134. The molecular weight excluding hydrogens is 284 g/mol. The number of amides is 1. The summed E-state index contributed by atoms with van der Waals surface area (Å²) in [6.07, 6.45) is 0. The summed E-state index contributed by atoms with van der Waals surface area (Å²) in [5, 5.41) is 16.2. The van der Waals surface area contributed by atoms with Gasteiger partial charge in [-0.3, -0.25) is 9.69 Å². The highest BCUT2D eigenvalue weighted by atomic mass is 16.3. The SMILES string of the molecule is NN=NCCN1CCN(C(=O)C(N)c2ccc(O)cc2)CC1. The number of carbonyl (C=O) groups excluding carboxylic acids is 1. The van der Waals surface area contributed by atoms with E-state index in [0.29, 0.717) is 25.2 Å². The van der Waals surface area contributed by atoms with Gasteiger partial charge in [-0.2, -0.15) is 5.11 Å². The summed E-state index contributed by atoms with van der Waals surface area (Å²) in [6, 6.07) is 5.72. The first kappa shape index (κ1) is 16.2. The van der Waals surface area contributed by atoms with Crippen molar-refractivity contribution in [2.75, 3.05) is 39.3 Å². The number of nitrogens with two attached hydrogens (primary N) is 2. The van der Waals surface area contributed by atoms with Crippen LogP contribution in [0.3, 0.4) is 0 Å². The standard InChI is InChI=1S/C14H22N6O2/c15-13(11-1-3-12(21)4-2-11)14(22)20-9-7-19(8-10-20)6-5-17-18-16/h1-4,13,21H,5-10,15H2,(H2,16,17). The van der Waals surface area contributed by atoms with E-state index in [4.69, 9.17) is 11.6 Å². The van der Waals surface area contributed by atoms with Crippen molar-refractivity contribution < 1.29 is 9.90 Å². The van der Waals surface area contributed by atoms with Gasteiger partial charge >= 0.3 is 0 Å². The summed E-state index contributed by atoms with van der Waals surface area (Å²) in [5.41, 5.74) is 6.73. The first-order valence-electron chi connectivity index (χ1n) is 7.24. The van der Waals surface area contributed by atoms with Crippen molar-refractivity contribution in [3.05, 3.63) is 29.8 Å². The predicted octanol–water partition coefficient (Wildman–Crippen LogP) is -0.138. The second-order valence-corrected chi connectivity index (χ2v) is 5.22. The minimum Gasteiger partial charge on any atom is -0.508 e. The van der Waals surface area contributed by atoms with Crippen molar-refractivity contribution >= 4 is 5.91 Å². The smallest absolute Gasteiger partial charge is 0.244 e. The van der Waals surface area contributed by atoms with Gasteiger partial charge in [-0.05, 0) is 17.7 Å². The van der Waals surface area contributed by atoms with Crippen molar-refractivity contribution in [3.8, 4) is 5.75 Å². The van der Waals surface area contributed by atoms with Gasteiger partial charge in [0, 0.05) is 32.7 Å². The van der Waals surface area contributed by atoms with Gasteiger partial charge in [0.15, 0.2) is 0 Å². The molecule has 1 aliphatic rings. The summed E-state index contributed by atoms with van der Waals surface area (Å²) in [4.78, 5) is 16.4. The van der Waals surface area contributed by atoms with E-state index in [-0.39, 0.29) is 11.7 Å². The normalized spacial score (nSPS) is 17.8. The highest BCUT2D eigenvalue weighted by Crippen LogP contribution is 2.17. The Balaban J connectivity index is 1.85. The summed E-state index contributed by atoms with van der Waals surface area (Å²) in [7, 11) is 0. The first-order valence-corrected chi connectivity index (χ1v) is 7.24. The van der Waals surface area contributed by atoms with Crippen LogP contribution in [0, 0.1) is 0 Å². The highest BCUT2D eigenvalue weighted by Gasteiger charge is 2.25. The van der Waals surface area contributed by atoms with Crippen molar-refractivity contribution in [3.63, 3.8) is 0 Å². The minimum atomic E-state index is -0.696. The third-order valence-electron chi connectivity index (χ3n) is 3.80. The molecule has 1 saturated heterocycles. The largest absolute Gasteiger partial charge is 0.508 e. The highest BCUT2D eigenvalue weighted by molar-refractivity contribution is 5.83. The zero-order valence-corrected chi connectivity index (χ0v) is 12.4. The van der Waals surface area contributed by atoms with Gasteiger partial charge in [-0.25, -0.2) is 0 Å². The van der Waals surface area contributed by atoms with Gasteiger partial charge in [-0.1, -0.05) is 17.4 Å². The van der Waals surface area contributed by atoms with Crippen LogP contribution >= 0.6 is 0 Å². The fraction of sp³-hybridized carbons (Fsp3) is 0.500. The molecule has 1 aromatic carbocycles. The van der Waals surface area contributed by atoms with Crippen LogP contribution in [-0.2, 0) is 4.79 Å². The van der Waals surface area contributed by atoms with E-state index in [9.17, 15) is 9.90 Å². The van der Waals surface area contributed by atoms with Crippen LogP contribution in [0.1, 0.15) is 11.6 Å². The average molecular weight is 306 g/mol. The second kappa shape index (κ2) is 7.71. The molecule has 22 heavy (non-hydrogen) atoms. The Kier molecular flexibility index (Phi) is 5.68. The van der Waals surface area contributed by atoms with E-state index < -0.39 is 6.04 Å². The Hall–Kier alpha value is -2.19. The number of benzene rings is 1. The summed E-state index contributed by atoms with van der Waals surface area (Å²) in [6.45, 7) is 4.21. The molecule has 1 amide bonds. The molecule has 1 heterocycles. The van der Waals surface area contributed by atoms with Crippen molar-refractivity contribution in [2.45, 2.75) is 6.04 Å². The summed E-state index contributed by atoms with van der Waals surface area (Å²) in [5.74, 6) is 5.03. The van der Waals surface area contributed by atoms with Crippen LogP contribution in [0.5, 0.6) is 5.75 Å². The average Bonchev–Trinajstić information content (AvgIpc) is 2.55. The number of phenols is 1. The number of nitrogens with zero attached hydrogens (tertiary/aromatic N) is 4. The number of carbonyl (C=O) groups is 1. The molecule has 1 atom stereocenters. The van der Waals surface area contributed by atoms with Crippen LogP contribution in [0.2, 0.25) is 0 Å². The minimum absolute atomic E-state index is 0.0908. The lowest BCUT2D eigenvalue weighted by atomic mass is 10.1. The molecule has 1 fully saturated rings. The molecule has 2 rings (SSSR count). The zero-order chi connectivity index (χ0) is 15.9. The van der Waals surface area contributed by atoms with Crippen molar-refractivity contribution in [2.24, 2.45) is 21.9 Å². The summed E-state index contributed by atoms with van der Waals surface area (Å²) >= 11 is 0. The number of piperazine rings is 1. The van der Waals surface area contributed by atoms with E-state index in [0.717, 1.165) is 19.6 Å². The summed E-state index contributed by atoms with van der Waals surface area (Å²) < 4.78 is 0. The topological polar surface area (TPSA) is 121 Å². The van der Waals surface area contributed by atoms with Gasteiger partial charge in [0.2, 0.25) is 5.91 Å². The molecule has 0 bridgehead atoms. The molecule has 0 aromatic heterocycles. The molecule has 8 heteroatoms. The van der Waals surface area contributed by atoms with E-state index >= 15 is 0 Å². The third-order valence-corrected chi connectivity index (χ3v) is 3.80. The van der Waals surface area contributed by atoms with Gasteiger partial charge in [0.05, 0.1) is 6.54 Å². The molecular formula is C14H22N6O2. The number of aromatic hydroxyl groups is 1. The number of hydrogen-bond acceptors (Lipinski definition) is 6.